The lowest BCUT2D eigenvalue weighted by Crippen LogP contribution is -2.39. The number of carboxylic acids is 1. The Labute approximate surface area is 154 Å². The summed E-state index contributed by atoms with van der Waals surface area (Å²) in [6.45, 7) is 2.78. The van der Waals surface area contributed by atoms with Crippen LogP contribution in [0.3, 0.4) is 0 Å². The van der Waals surface area contributed by atoms with Gasteiger partial charge < -0.3 is 14.6 Å². The Kier molecular flexibility index (Phi) is 5.47. The van der Waals surface area contributed by atoms with Crippen molar-refractivity contribution in [2.45, 2.75) is 31.8 Å². The van der Waals surface area contributed by atoms with Gasteiger partial charge in [-0.1, -0.05) is 42.0 Å². The molecule has 1 fully saturated rings. The number of nitrogens with zero attached hydrogens (tertiary/aromatic N) is 1. The normalized spacial score (nSPS) is 18.5. The molecule has 0 radical (unpaired) electrons. The predicted molar refractivity (Wildman–Crippen MR) is 99.9 cm³/mol. The van der Waals surface area contributed by atoms with Crippen LogP contribution in [0.2, 0.25) is 0 Å². The van der Waals surface area contributed by atoms with Gasteiger partial charge in [-0.2, -0.15) is 0 Å². The van der Waals surface area contributed by atoms with Crippen LogP contribution in [-0.4, -0.2) is 42.8 Å². The van der Waals surface area contributed by atoms with Crippen molar-refractivity contribution in [2.75, 3.05) is 20.8 Å². The van der Waals surface area contributed by atoms with Crippen LogP contribution in [0.1, 0.15) is 35.6 Å². The van der Waals surface area contributed by atoms with E-state index in [1.807, 2.05) is 43.3 Å². The molecule has 5 heteroatoms. The van der Waals surface area contributed by atoms with E-state index < -0.39 is 12.0 Å². The van der Waals surface area contributed by atoms with E-state index in [4.69, 9.17) is 9.47 Å². The average molecular weight is 355 g/mol. The van der Waals surface area contributed by atoms with Crippen LogP contribution in [0.4, 0.5) is 0 Å². The van der Waals surface area contributed by atoms with Gasteiger partial charge in [-0.3, -0.25) is 9.69 Å². The first kappa shape index (κ1) is 18.3. The zero-order valence-corrected chi connectivity index (χ0v) is 15.4. The van der Waals surface area contributed by atoms with Gasteiger partial charge in [0.15, 0.2) is 11.5 Å². The third-order valence-electron chi connectivity index (χ3n) is 5.00. The first-order chi connectivity index (χ1) is 12.6. The summed E-state index contributed by atoms with van der Waals surface area (Å²) in [6, 6.07) is 13.3. The molecule has 3 rings (SSSR count). The molecule has 1 saturated heterocycles. The summed E-state index contributed by atoms with van der Waals surface area (Å²) >= 11 is 0. The van der Waals surface area contributed by atoms with E-state index in [1.54, 1.807) is 14.2 Å². The van der Waals surface area contributed by atoms with Crippen LogP contribution in [0.25, 0.3) is 0 Å². The Bertz CT molecular complexity index is 789. The number of carbonyl (C=O) groups is 1. The van der Waals surface area contributed by atoms with Crippen LogP contribution in [0, 0.1) is 6.92 Å². The van der Waals surface area contributed by atoms with Gasteiger partial charge in [-0.05, 0) is 31.4 Å². The molecule has 2 unspecified atom stereocenters. The lowest BCUT2D eigenvalue weighted by molar-refractivity contribution is -0.142. The lowest BCUT2D eigenvalue weighted by Gasteiger charge is -2.33. The van der Waals surface area contributed by atoms with Crippen molar-refractivity contribution in [3.63, 3.8) is 0 Å². The number of carboxylic acid groups (broad SMARTS) is 1. The van der Waals surface area contributed by atoms with Crippen molar-refractivity contribution < 1.29 is 19.4 Å². The largest absolute Gasteiger partial charge is 0.493 e. The van der Waals surface area contributed by atoms with Gasteiger partial charge in [0.1, 0.15) is 6.04 Å². The van der Waals surface area contributed by atoms with Crippen LogP contribution >= 0.6 is 0 Å². The molecule has 0 spiro atoms. The monoisotopic (exact) mass is 355 g/mol. The van der Waals surface area contributed by atoms with Gasteiger partial charge >= 0.3 is 5.97 Å². The Balaban J connectivity index is 2.17. The quantitative estimate of drug-likeness (QED) is 0.857. The highest BCUT2D eigenvalue weighted by molar-refractivity contribution is 5.74. The molecule has 1 heterocycles. The summed E-state index contributed by atoms with van der Waals surface area (Å²) in [5.41, 5.74) is 3.12. The molecule has 1 N–H and O–H groups in total. The number of hydrogen-bond acceptors (Lipinski definition) is 4. The SMILES string of the molecule is COc1cccc(C(c2cccc(C)c2)N2CCCC2C(=O)O)c1OC. The molecule has 0 saturated carbocycles. The summed E-state index contributed by atoms with van der Waals surface area (Å²) in [6.07, 6.45) is 1.52. The third-order valence-corrected chi connectivity index (χ3v) is 5.00. The molecule has 0 amide bonds. The van der Waals surface area contributed by atoms with E-state index in [0.29, 0.717) is 17.9 Å². The van der Waals surface area contributed by atoms with Crippen molar-refractivity contribution in [1.82, 2.24) is 4.90 Å². The van der Waals surface area contributed by atoms with E-state index in [0.717, 1.165) is 29.7 Å². The summed E-state index contributed by atoms with van der Waals surface area (Å²) in [4.78, 5) is 13.9. The number of aryl methyl sites for hydroxylation is 1. The van der Waals surface area contributed by atoms with Gasteiger partial charge in [-0.25, -0.2) is 0 Å². The molecule has 2 atom stereocenters. The zero-order valence-electron chi connectivity index (χ0n) is 15.4. The molecular formula is C21H25NO4. The Morgan fingerprint density at radius 3 is 2.62 bits per heavy atom. The Hall–Kier alpha value is -2.53. The van der Waals surface area contributed by atoms with Crippen molar-refractivity contribution in [3.8, 4) is 11.5 Å². The molecule has 5 nitrogen and oxygen atoms in total. The molecule has 2 aromatic carbocycles. The zero-order chi connectivity index (χ0) is 18.7. The number of aliphatic carboxylic acids is 1. The number of methoxy groups -OCH3 is 2. The molecule has 1 aliphatic heterocycles. The minimum atomic E-state index is -0.776. The fourth-order valence-electron chi connectivity index (χ4n) is 3.88. The minimum absolute atomic E-state index is 0.205. The predicted octanol–water partition coefficient (Wildman–Crippen LogP) is 3.65. The van der Waals surface area contributed by atoms with Gasteiger partial charge in [0.25, 0.3) is 0 Å². The van der Waals surface area contributed by atoms with E-state index in [9.17, 15) is 9.90 Å². The van der Waals surface area contributed by atoms with Crippen LogP contribution in [0.15, 0.2) is 42.5 Å². The van der Waals surface area contributed by atoms with Gasteiger partial charge in [0, 0.05) is 12.1 Å². The second-order valence-electron chi connectivity index (χ2n) is 6.63. The van der Waals surface area contributed by atoms with Crippen molar-refractivity contribution in [3.05, 3.63) is 59.2 Å². The maximum absolute atomic E-state index is 11.8. The van der Waals surface area contributed by atoms with Crippen LogP contribution < -0.4 is 9.47 Å². The van der Waals surface area contributed by atoms with Crippen molar-refractivity contribution >= 4 is 5.97 Å². The van der Waals surface area contributed by atoms with Crippen LogP contribution in [-0.2, 0) is 4.79 Å². The van der Waals surface area contributed by atoms with Gasteiger partial charge in [0.05, 0.1) is 20.3 Å². The molecular weight excluding hydrogens is 330 g/mol. The Morgan fingerprint density at radius 1 is 1.19 bits per heavy atom. The topological polar surface area (TPSA) is 59.0 Å². The van der Waals surface area contributed by atoms with Crippen molar-refractivity contribution in [1.29, 1.82) is 0 Å². The maximum atomic E-state index is 11.8. The fraction of sp³-hybridized carbons (Fsp3) is 0.381. The summed E-state index contributed by atoms with van der Waals surface area (Å²) in [5, 5.41) is 9.71. The van der Waals surface area contributed by atoms with Crippen molar-refractivity contribution in [2.24, 2.45) is 0 Å². The average Bonchev–Trinajstić information content (AvgIpc) is 3.11. The number of benzene rings is 2. The highest BCUT2D eigenvalue weighted by atomic mass is 16.5. The number of rotatable bonds is 6. The minimum Gasteiger partial charge on any atom is -0.493 e. The molecule has 2 aromatic rings. The molecule has 138 valence electrons. The van der Waals surface area contributed by atoms with E-state index >= 15 is 0 Å². The third kappa shape index (κ3) is 3.40. The van der Waals surface area contributed by atoms with E-state index in [2.05, 4.69) is 11.0 Å². The van der Waals surface area contributed by atoms with E-state index in [1.165, 1.54) is 0 Å². The second-order valence-corrected chi connectivity index (χ2v) is 6.63. The number of para-hydroxylation sites is 1. The Morgan fingerprint density at radius 2 is 1.96 bits per heavy atom. The lowest BCUT2D eigenvalue weighted by atomic mass is 9.94. The van der Waals surface area contributed by atoms with Crippen LogP contribution in [0.5, 0.6) is 11.5 Å². The number of ether oxygens (including phenoxy) is 2. The van der Waals surface area contributed by atoms with Gasteiger partial charge in [0.2, 0.25) is 0 Å². The smallest absolute Gasteiger partial charge is 0.320 e. The summed E-state index contributed by atoms with van der Waals surface area (Å²) in [7, 11) is 3.23. The molecule has 1 aliphatic rings. The highest BCUT2D eigenvalue weighted by Crippen LogP contribution is 2.42. The second kappa shape index (κ2) is 7.79. The molecule has 0 bridgehead atoms. The maximum Gasteiger partial charge on any atom is 0.320 e. The first-order valence-electron chi connectivity index (χ1n) is 8.82. The molecule has 0 aliphatic carbocycles. The first-order valence-corrected chi connectivity index (χ1v) is 8.82. The fourth-order valence-corrected chi connectivity index (χ4v) is 3.88. The summed E-state index contributed by atoms with van der Waals surface area (Å²) in [5.74, 6) is 0.522. The molecule has 26 heavy (non-hydrogen) atoms. The number of likely N-dealkylation sites (tertiary alicyclic amines) is 1. The highest BCUT2D eigenvalue weighted by Gasteiger charge is 2.38. The standard InChI is InChI=1S/C21H25NO4/c1-14-7-4-8-15(13-14)19(22-12-6-10-17(22)21(23)24)16-9-5-11-18(25-2)20(16)26-3/h4-5,7-9,11,13,17,19H,6,10,12H2,1-3H3,(H,23,24). The number of hydrogen-bond donors (Lipinski definition) is 1. The summed E-state index contributed by atoms with van der Waals surface area (Å²) < 4.78 is 11.1. The van der Waals surface area contributed by atoms with Gasteiger partial charge in [-0.15, -0.1) is 0 Å². The van der Waals surface area contributed by atoms with E-state index in [-0.39, 0.29) is 6.04 Å². The molecule has 0 aromatic heterocycles.